The average Bonchev–Trinajstić information content (AvgIpc) is 2.91. The van der Waals surface area contributed by atoms with E-state index in [0.717, 1.165) is 55.6 Å². The Morgan fingerprint density at radius 2 is 1.80 bits per heavy atom. The largest absolute Gasteiger partial charge is 0.299 e. The summed E-state index contributed by atoms with van der Waals surface area (Å²) in [7, 11) is 0. The molecule has 0 atom stereocenters. The van der Waals surface area contributed by atoms with E-state index in [1.807, 2.05) is 24.3 Å². The summed E-state index contributed by atoms with van der Waals surface area (Å²) in [4.78, 5) is 21.8. The molecule has 174 valence electrons. The van der Waals surface area contributed by atoms with Crippen LogP contribution in [0.4, 0.5) is 5.82 Å². The second-order valence-electron chi connectivity index (χ2n) is 9.47. The van der Waals surface area contributed by atoms with E-state index in [1.54, 1.807) is 23.2 Å². The molecule has 3 aromatic rings. The number of aryl methyl sites for hydroxylation is 1. The van der Waals surface area contributed by atoms with E-state index in [-0.39, 0.29) is 5.91 Å². The average molecular weight is 462 g/mol. The van der Waals surface area contributed by atoms with Gasteiger partial charge in [0.05, 0.1) is 17.0 Å². The molecule has 1 fully saturated rings. The van der Waals surface area contributed by atoms with Crippen LogP contribution in [0.15, 0.2) is 60.8 Å². The number of nitriles is 2. The number of pyridine rings is 1. The van der Waals surface area contributed by atoms with Gasteiger partial charge in [0.1, 0.15) is 6.07 Å². The van der Waals surface area contributed by atoms with E-state index in [2.05, 4.69) is 47.1 Å². The Bertz CT molecular complexity index is 1340. The molecular weight excluding hydrogens is 434 g/mol. The van der Waals surface area contributed by atoms with Gasteiger partial charge in [0, 0.05) is 37.9 Å². The molecule has 1 amide bonds. The molecule has 0 unspecified atom stereocenters. The first-order chi connectivity index (χ1) is 17.0. The zero-order chi connectivity index (χ0) is 24.4. The Balaban J connectivity index is 1.35. The second kappa shape index (κ2) is 9.33. The number of aromatic nitrogens is 1. The molecule has 35 heavy (non-hydrogen) atoms. The number of hydrogen-bond donors (Lipinski definition) is 0. The number of hydrogen-bond acceptors (Lipinski definition) is 5. The Hall–Kier alpha value is -4.00. The molecule has 2 aliphatic rings. The quantitative estimate of drug-likeness (QED) is 0.570. The van der Waals surface area contributed by atoms with Crippen molar-refractivity contribution in [3.05, 3.63) is 94.2 Å². The summed E-state index contributed by atoms with van der Waals surface area (Å²) in [5.41, 5.74) is 5.13. The summed E-state index contributed by atoms with van der Waals surface area (Å²) >= 11 is 0. The number of anilines is 1. The van der Waals surface area contributed by atoms with Crippen LogP contribution in [0.25, 0.3) is 0 Å². The number of nitrogens with zero attached hydrogens (tertiary/aromatic N) is 5. The molecule has 3 heterocycles. The first kappa shape index (κ1) is 22.8. The fraction of sp³-hybridized carbons (Fsp3) is 0.310. The third-order valence-corrected chi connectivity index (χ3v) is 7.45. The summed E-state index contributed by atoms with van der Waals surface area (Å²) in [6.45, 7) is 5.03. The maximum absolute atomic E-state index is 13.4. The van der Waals surface area contributed by atoms with Crippen LogP contribution in [-0.2, 0) is 18.4 Å². The predicted molar refractivity (Wildman–Crippen MR) is 134 cm³/mol. The van der Waals surface area contributed by atoms with Crippen molar-refractivity contribution in [3.8, 4) is 12.1 Å². The smallest absolute Gasteiger partial charge is 0.259 e. The van der Waals surface area contributed by atoms with Gasteiger partial charge in [-0.2, -0.15) is 10.5 Å². The summed E-state index contributed by atoms with van der Waals surface area (Å²) in [5.74, 6) is 0.325. The van der Waals surface area contributed by atoms with Gasteiger partial charge in [0.25, 0.3) is 5.91 Å². The minimum atomic E-state index is -0.430. The zero-order valence-corrected chi connectivity index (χ0v) is 19.9. The first-order valence-corrected chi connectivity index (χ1v) is 12.0. The fourth-order valence-electron chi connectivity index (χ4n) is 5.33. The van der Waals surface area contributed by atoms with Crippen molar-refractivity contribution in [1.29, 1.82) is 10.5 Å². The lowest BCUT2D eigenvalue weighted by molar-refractivity contribution is 0.0979. The van der Waals surface area contributed by atoms with Crippen molar-refractivity contribution in [2.45, 2.75) is 38.1 Å². The van der Waals surface area contributed by atoms with E-state index in [1.165, 1.54) is 5.56 Å². The summed E-state index contributed by atoms with van der Waals surface area (Å²) < 4.78 is 0. The number of carbonyl (C=O) groups is 1. The number of rotatable bonds is 4. The molecule has 2 aromatic carbocycles. The normalized spacial score (nSPS) is 17.3. The van der Waals surface area contributed by atoms with Gasteiger partial charge in [0.2, 0.25) is 0 Å². The van der Waals surface area contributed by atoms with Crippen molar-refractivity contribution in [1.82, 2.24) is 9.88 Å². The molecule has 6 nitrogen and oxygen atoms in total. The minimum Gasteiger partial charge on any atom is -0.299 e. The highest BCUT2D eigenvalue weighted by atomic mass is 16.2. The molecular formula is C29H27N5O. The molecule has 6 heteroatoms. The topological polar surface area (TPSA) is 84.0 Å². The van der Waals surface area contributed by atoms with Crippen LogP contribution in [0, 0.1) is 29.6 Å². The van der Waals surface area contributed by atoms with Crippen molar-refractivity contribution in [2.24, 2.45) is 0 Å². The van der Waals surface area contributed by atoms with Gasteiger partial charge < -0.3 is 0 Å². The van der Waals surface area contributed by atoms with E-state index in [0.29, 0.717) is 23.5 Å². The van der Waals surface area contributed by atoms with Crippen LogP contribution in [0.1, 0.15) is 51.0 Å². The van der Waals surface area contributed by atoms with Crippen molar-refractivity contribution in [2.75, 3.05) is 24.5 Å². The first-order valence-electron chi connectivity index (χ1n) is 12.0. The lowest BCUT2D eigenvalue weighted by atomic mass is 9.74. The van der Waals surface area contributed by atoms with Crippen molar-refractivity contribution in [3.63, 3.8) is 0 Å². The Morgan fingerprint density at radius 1 is 1.03 bits per heavy atom. The lowest BCUT2D eigenvalue weighted by Crippen LogP contribution is -2.42. The predicted octanol–water partition coefficient (Wildman–Crippen LogP) is 4.52. The number of fused-ring (bicyclic) bond motifs is 1. The molecule has 5 rings (SSSR count). The number of benzene rings is 2. The molecule has 0 N–H and O–H groups in total. The molecule has 1 aromatic heterocycles. The third kappa shape index (κ3) is 4.18. The Labute approximate surface area is 206 Å². The van der Waals surface area contributed by atoms with Gasteiger partial charge in [0.15, 0.2) is 5.82 Å². The zero-order valence-electron chi connectivity index (χ0n) is 19.9. The van der Waals surface area contributed by atoms with Crippen LogP contribution in [0.5, 0.6) is 0 Å². The van der Waals surface area contributed by atoms with Gasteiger partial charge >= 0.3 is 0 Å². The van der Waals surface area contributed by atoms with Crippen LogP contribution >= 0.6 is 0 Å². The van der Waals surface area contributed by atoms with E-state index in [9.17, 15) is 15.3 Å². The maximum atomic E-state index is 13.4. The van der Waals surface area contributed by atoms with Crippen LogP contribution in [-0.4, -0.2) is 35.4 Å². The van der Waals surface area contributed by atoms with Crippen molar-refractivity contribution < 1.29 is 4.79 Å². The SMILES string of the molecule is Cc1cc2c(cc1CN1CCC(C#N)(c3ccccc3)CC1)C(=O)N(c1ncccc1C#N)CC2. The summed E-state index contributed by atoms with van der Waals surface area (Å²) in [6, 6.07) is 22.4. The number of amides is 1. The summed E-state index contributed by atoms with van der Waals surface area (Å²) in [6.07, 6.45) is 3.93. The van der Waals surface area contributed by atoms with Crippen LogP contribution in [0.3, 0.4) is 0 Å². The van der Waals surface area contributed by atoms with Gasteiger partial charge in [-0.3, -0.25) is 14.6 Å². The molecule has 0 saturated carbocycles. The highest BCUT2D eigenvalue weighted by Crippen LogP contribution is 2.36. The fourth-order valence-corrected chi connectivity index (χ4v) is 5.33. The maximum Gasteiger partial charge on any atom is 0.259 e. The van der Waals surface area contributed by atoms with Gasteiger partial charge in [-0.05, 0) is 66.6 Å². The van der Waals surface area contributed by atoms with E-state index < -0.39 is 5.41 Å². The Morgan fingerprint density at radius 3 is 2.51 bits per heavy atom. The second-order valence-corrected chi connectivity index (χ2v) is 9.47. The number of piperidine rings is 1. The molecule has 2 aliphatic heterocycles. The van der Waals surface area contributed by atoms with Gasteiger partial charge in [-0.1, -0.05) is 36.4 Å². The minimum absolute atomic E-state index is 0.103. The van der Waals surface area contributed by atoms with E-state index in [4.69, 9.17) is 0 Å². The Kier molecular flexibility index (Phi) is 6.07. The molecule has 0 radical (unpaired) electrons. The third-order valence-electron chi connectivity index (χ3n) is 7.45. The highest BCUT2D eigenvalue weighted by molar-refractivity contribution is 6.08. The monoisotopic (exact) mass is 461 g/mol. The highest BCUT2D eigenvalue weighted by Gasteiger charge is 2.36. The lowest BCUT2D eigenvalue weighted by Gasteiger charge is -2.38. The standard InChI is InChI=1S/C29H27N5O/c1-21-16-22-9-13-34(27-23(18-30)6-5-12-32-27)28(35)26(22)17-24(21)19-33-14-10-29(20-31,11-15-33)25-7-3-2-4-8-25/h2-8,12,16-17H,9-11,13-15,19H2,1H3. The van der Waals surface area contributed by atoms with Gasteiger partial charge in [-0.15, -0.1) is 0 Å². The summed E-state index contributed by atoms with van der Waals surface area (Å²) in [5, 5.41) is 19.5. The number of likely N-dealkylation sites (tertiary alicyclic amines) is 1. The molecule has 1 saturated heterocycles. The molecule has 0 spiro atoms. The molecule has 0 bridgehead atoms. The van der Waals surface area contributed by atoms with Gasteiger partial charge in [-0.25, -0.2) is 4.98 Å². The molecule has 0 aliphatic carbocycles. The van der Waals surface area contributed by atoms with Crippen molar-refractivity contribution >= 4 is 11.7 Å². The van der Waals surface area contributed by atoms with Crippen LogP contribution in [0.2, 0.25) is 0 Å². The van der Waals surface area contributed by atoms with Crippen LogP contribution < -0.4 is 4.90 Å². The van der Waals surface area contributed by atoms with E-state index >= 15 is 0 Å². The number of carbonyl (C=O) groups excluding carboxylic acids is 1.